The van der Waals surface area contributed by atoms with E-state index in [-0.39, 0.29) is 98.6 Å². The van der Waals surface area contributed by atoms with Gasteiger partial charge in [-0.15, -0.1) is 0 Å². The maximum Gasteiger partial charge on any atom is 0.317 e. The van der Waals surface area contributed by atoms with Crippen LogP contribution in [-0.2, 0) is 19.2 Å². The number of carboxylic acids is 4. The van der Waals surface area contributed by atoms with Crippen molar-refractivity contribution in [2.45, 2.75) is 6.92 Å². The maximum atomic E-state index is 10.6. The zero-order valence-corrected chi connectivity index (χ0v) is 24.7. The quantitative estimate of drug-likeness (QED) is 0.0821. The molecule has 0 saturated carbocycles. The summed E-state index contributed by atoms with van der Waals surface area (Å²) in [5.74, 6) is -4.91. The molecule has 0 atom stereocenters. The van der Waals surface area contributed by atoms with E-state index in [4.69, 9.17) is 40.9 Å². The van der Waals surface area contributed by atoms with E-state index < -0.39 is 50.1 Å². The van der Waals surface area contributed by atoms with E-state index >= 15 is 0 Å². The van der Waals surface area contributed by atoms with Crippen molar-refractivity contribution in [1.82, 2.24) is 14.7 Å². The number of carboxylic acid groups (broad SMARTS) is 4. The van der Waals surface area contributed by atoms with Gasteiger partial charge in [-0.25, -0.2) is 0 Å². The van der Waals surface area contributed by atoms with Gasteiger partial charge in [-0.1, -0.05) is 0 Å². The van der Waals surface area contributed by atoms with Gasteiger partial charge in [0.15, 0.2) is 0 Å². The molecule has 0 aromatic rings. The van der Waals surface area contributed by atoms with Gasteiger partial charge in [0.25, 0.3) is 0 Å². The Bertz CT molecular complexity index is 465. The second-order valence-corrected chi connectivity index (χ2v) is 6.32. The van der Waals surface area contributed by atoms with Gasteiger partial charge in [0.1, 0.15) is 0 Å². The Balaban J connectivity index is -0.000000169. The Morgan fingerprint density at radius 3 is 0.829 bits per heavy atom. The monoisotopic (exact) mass is 533 g/mol. The summed E-state index contributed by atoms with van der Waals surface area (Å²) in [6, 6.07) is 0. The molecule has 0 fully saturated rings. The molecular weight excluding hydrogens is 496 g/mol. The molecule has 17 heteroatoms. The van der Waals surface area contributed by atoms with Crippen LogP contribution in [0.3, 0.4) is 0 Å². The zero-order valence-electron chi connectivity index (χ0n) is 20.7. The average Bonchev–Trinajstić information content (AvgIpc) is 2.66. The third kappa shape index (κ3) is 38.3. The van der Waals surface area contributed by atoms with Crippen molar-refractivity contribution in [2.24, 2.45) is 0 Å². The summed E-state index contributed by atoms with van der Waals surface area (Å²) in [4.78, 5) is 46.2. The van der Waals surface area contributed by atoms with E-state index in [1.54, 1.807) is 11.8 Å². The summed E-state index contributed by atoms with van der Waals surface area (Å²) < 4.78 is 0. The van der Waals surface area contributed by atoms with Crippen molar-refractivity contribution >= 4 is 83.0 Å². The molecular formula is C18H37N3Na2O12. The number of aliphatic hydroxyl groups excluding tert-OH is 4. The zero-order chi connectivity index (χ0) is 26.2. The molecule has 0 bridgehead atoms. The van der Waals surface area contributed by atoms with Crippen LogP contribution in [0.25, 0.3) is 0 Å². The van der Waals surface area contributed by atoms with Crippen LogP contribution in [-0.4, -0.2) is 224 Å². The predicted molar refractivity (Wildman–Crippen MR) is 125 cm³/mol. The SMILES string of the molecule is CCO.O=C(O)CN(CCN(CC(=O)O)CC(=O)O)CC(=O)O.OCCN(CCO)CCO.[Na].[Na]. The van der Waals surface area contributed by atoms with Crippen LogP contribution >= 0.6 is 0 Å². The second kappa shape index (κ2) is 31.6. The topological polar surface area (TPSA) is 240 Å². The molecule has 0 aliphatic rings. The molecule has 0 rings (SSSR count). The molecule has 0 spiro atoms. The first-order valence-electron chi connectivity index (χ1n) is 9.94. The molecule has 0 aliphatic heterocycles. The minimum atomic E-state index is -1.23. The fourth-order valence-corrected chi connectivity index (χ4v) is 2.24. The van der Waals surface area contributed by atoms with Gasteiger partial charge in [0, 0.05) is 98.4 Å². The van der Waals surface area contributed by atoms with Gasteiger partial charge in [0.05, 0.1) is 46.0 Å². The smallest absolute Gasteiger partial charge is 0.317 e. The van der Waals surface area contributed by atoms with E-state index in [9.17, 15) is 19.2 Å². The molecule has 0 saturated heterocycles. The molecule has 0 amide bonds. The van der Waals surface area contributed by atoms with Crippen LogP contribution in [0.4, 0.5) is 0 Å². The van der Waals surface area contributed by atoms with Crippen LogP contribution in [0, 0.1) is 0 Å². The Morgan fingerprint density at radius 1 is 0.486 bits per heavy atom. The number of rotatable bonds is 17. The van der Waals surface area contributed by atoms with Crippen LogP contribution in [0.5, 0.6) is 0 Å². The van der Waals surface area contributed by atoms with Crippen molar-refractivity contribution in [3.63, 3.8) is 0 Å². The van der Waals surface area contributed by atoms with E-state index in [2.05, 4.69) is 0 Å². The summed E-state index contributed by atoms with van der Waals surface area (Å²) in [6.45, 7) is 1.43. The molecule has 0 aliphatic carbocycles. The van der Waals surface area contributed by atoms with Gasteiger partial charge in [-0.05, 0) is 6.92 Å². The molecule has 8 N–H and O–H groups in total. The number of hydrogen-bond donors (Lipinski definition) is 8. The predicted octanol–water partition coefficient (Wildman–Crippen LogP) is -4.57. The summed E-state index contributed by atoms with van der Waals surface area (Å²) >= 11 is 0. The summed E-state index contributed by atoms with van der Waals surface area (Å²) in [6.07, 6.45) is 0. The van der Waals surface area contributed by atoms with E-state index in [1.165, 1.54) is 0 Å². The first kappa shape index (κ1) is 44.6. The van der Waals surface area contributed by atoms with Crippen molar-refractivity contribution in [2.75, 3.05) is 85.3 Å². The number of aliphatic carboxylic acids is 4. The van der Waals surface area contributed by atoms with E-state index in [0.717, 1.165) is 9.80 Å². The van der Waals surface area contributed by atoms with E-state index in [0.29, 0.717) is 19.6 Å². The average molecular weight is 533 g/mol. The van der Waals surface area contributed by atoms with Crippen molar-refractivity contribution in [3.8, 4) is 0 Å². The molecule has 0 aromatic carbocycles. The number of hydrogen-bond acceptors (Lipinski definition) is 11. The standard InChI is InChI=1S/C10H16N2O8.C6H15NO3.C2H6O.2Na/c13-7(14)3-11(4-8(15)16)1-2-12(5-9(17)18)6-10(19)20;8-4-1-7(2-5-9)3-6-10;1-2-3;;/h1-6H2,(H,13,14)(H,15,16)(H,17,18)(H,19,20);8-10H,1-6H2;3H,2H2,1H3;;. The normalized spacial score (nSPS) is 9.71. The first-order chi connectivity index (χ1) is 15.5. The van der Waals surface area contributed by atoms with Gasteiger partial charge < -0.3 is 40.9 Å². The fraction of sp³-hybridized carbons (Fsp3) is 0.778. The number of nitrogens with zero attached hydrogens (tertiary/aromatic N) is 3. The van der Waals surface area contributed by atoms with Crippen LogP contribution < -0.4 is 0 Å². The molecule has 0 aromatic heterocycles. The molecule has 2 radical (unpaired) electrons. The van der Waals surface area contributed by atoms with Crippen molar-refractivity contribution < 1.29 is 60.0 Å². The third-order valence-electron chi connectivity index (χ3n) is 3.42. The maximum absolute atomic E-state index is 10.6. The van der Waals surface area contributed by atoms with Crippen LogP contribution in [0.2, 0.25) is 0 Å². The molecule has 198 valence electrons. The fourth-order valence-electron chi connectivity index (χ4n) is 2.24. The summed E-state index contributed by atoms with van der Waals surface area (Å²) in [7, 11) is 0. The molecule has 0 unspecified atom stereocenters. The summed E-state index contributed by atoms with van der Waals surface area (Å²) in [5.41, 5.74) is 0. The Kier molecular flexibility index (Phi) is 40.3. The number of carbonyl (C=O) groups is 4. The van der Waals surface area contributed by atoms with Crippen LogP contribution in [0.1, 0.15) is 6.92 Å². The first-order valence-corrected chi connectivity index (χ1v) is 9.94. The van der Waals surface area contributed by atoms with Gasteiger partial charge in [0.2, 0.25) is 0 Å². The summed E-state index contributed by atoms with van der Waals surface area (Å²) in [5, 5.41) is 67.5. The third-order valence-corrected chi connectivity index (χ3v) is 3.42. The van der Waals surface area contributed by atoms with Gasteiger partial charge in [-0.2, -0.15) is 0 Å². The van der Waals surface area contributed by atoms with Crippen LogP contribution in [0.15, 0.2) is 0 Å². The Morgan fingerprint density at radius 2 is 0.686 bits per heavy atom. The molecule has 15 nitrogen and oxygen atoms in total. The Hall–Kier alpha value is -0.400. The minimum absolute atomic E-state index is 0. The van der Waals surface area contributed by atoms with Crippen molar-refractivity contribution in [3.05, 3.63) is 0 Å². The minimum Gasteiger partial charge on any atom is -0.480 e. The molecule has 35 heavy (non-hydrogen) atoms. The van der Waals surface area contributed by atoms with Crippen molar-refractivity contribution in [1.29, 1.82) is 0 Å². The van der Waals surface area contributed by atoms with E-state index in [1.807, 2.05) is 0 Å². The largest absolute Gasteiger partial charge is 0.480 e. The van der Waals surface area contributed by atoms with Gasteiger partial charge in [-0.3, -0.25) is 33.9 Å². The second-order valence-electron chi connectivity index (χ2n) is 6.32. The van der Waals surface area contributed by atoms with Gasteiger partial charge >= 0.3 is 23.9 Å². The molecule has 0 heterocycles. The Labute approximate surface area is 248 Å². The number of aliphatic hydroxyl groups is 4.